The molecule has 1 aromatic carbocycles. The number of nitrogens with one attached hydrogen (secondary N) is 1. The molecule has 7 heteroatoms. The van der Waals surface area contributed by atoms with Gasteiger partial charge in [-0.25, -0.2) is 17.9 Å². The number of carbonyl (C=O) groups excluding carboxylic acids is 1. The second-order valence-electron chi connectivity index (χ2n) is 4.89. The Kier molecular flexibility index (Phi) is 4.12. The van der Waals surface area contributed by atoms with E-state index in [-0.39, 0.29) is 17.1 Å². The number of hydrogen-bond donors (Lipinski definition) is 2. The van der Waals surface area contributed by atoms with Crippen LogP contribution in [0.1, 0.15) is 29.6 Å². The first-order chi connectivity index (χ1) is 9.44. The molecule has 0 atom stereocenters. The Morgan fingerprint density at radius 3 is 2.55 bits per heavy atom. The van der Waals surface area contributed by atoms with Gasteiger partial charge in [0, 0.05) is 0 Å². The molecular formula is C13H17NO5S. The third kappa shape index (κ3) is 2.70. The summed E-state index contributed by atoms with van der Waals surface area (Å²) < 4.78 is 31.9. The largest absolute Gasteiger partial charge is 0.465 e. The van der Waals surface area contributed by atoms with Gasteiger partial charge in [0.2, 0.25) is 10.0 Å². The van der Waals surface area contributed by atoms with Crippen LogP contribution in [0.3, 0.4) is 0 Å². The first-order valence-corrected chi connectivity index (χ1v) is 7.75. The zero-order valence-corrected chi connectivity index (χ0v) is 11.9. The quantitative estimate of drug-likeness (QED) is 0.779. The topological polar surface area (TPSA) is 92.7 Å². The van der Waals surface area contributed by atoms with Crippen LogP contribution < -0.4 is 4.72 Å². The van der Waals surface area contributed by atoms with Crippen molar-refractivity contribution in [1.29, 1.82) is 0 Å². The van der Waals surface area contributed by atoms with Crippen LogP contribution in [0, 0.1) is 0 Å². The lowest BCUT2D eigenvalue weighted by molar-refractivity contribution is 0.0596. The minimum Gasteiger partial charge on any atom is -0.465 e. The average Bonchev–Trinajstić information content (AvgIpc) is 2.42. The summed E-state index contributed by atoms with van der Waals surface area (Å²) in [6.45, 7) is -0.257. The zero-order chi connectivity index (χ0) is 14.8. The van der Waals surface area contributed by atoms with E-state index in [1.807, 2.05) is 0 Å². The van der Waals surface area contributed by atoms with E-state index in [0.717, 1.165) is 6.42 Å². The number of aliphatic hydroxyl groups is 1. The highest BCUT2D eigenvalue weighted by atomic mass is 32.2. The average molecular weight is 299 g/mol. The second kappa shape index (κ2) is 5.51. The third-order valence-electron chi connectivity index (χ3n) is 3.55. The van der Waals surface area contributed by atoms with Gasteiger partial charge in [0.1, 0.15) is 0 Å². The first-order valence-electron chi connectivity index (χ1n) is 6.26. The SMILES string of the molecule is COC(=O)c1ccccc1S(=O)(=O)NC1(CO)CCC1. The minimum atomic E-state index is -3.89. The van der Waals surface area contributed by atoms with Gasteiger partial charge in [-0.15, -0.1) is 0 Å². The van der Waals surface area contributed by atoms with Crippen LogP contribution in [-0.4, -0.2) is 38.7 Å². The molecule has 1 saturated carbocycles. The van der Waals surface area contributed by atoms with Gasteiger partial charge >= 0.3 is 5.97 Å². The summed E-state index contributed by atoms with van der Waals surface area (Å²) in [7, 11) is -2.69. The molecular weight excluding hydrogens is 282 g/mol. The molecule has 1 aliphatic rings. The summed E-state index contributed by atoms with van der Waals surface area (Å²) in [5.74, 6) is -0.711. The van der Waals surface area contributed by atoms with Crippen LogP contribution in [-0.2, 0) is 14.8 Å². The van der Waals surface area contributed by atoms with Crippen LogP contribution in [0.25, 0.3) is 0 Å². The van der Waals surface area contributed by atoms with Gasteiger partial charge in [0.05, 0.1) is 29.7 Å². The Morgan fingerprint density at radius 1 is 1.40 bits per heavy atom. The number of hydrogen-bond acceptors (Lipinski definition) is 5. The maximum atomic E-state index is 12.4. The van der Waals surface area contributed by atoms with Crippen LogP contribution >= 0.6 is 0 Å². The summed E-state index contributed by atoms with van der Waals surface area (Å²) in [5.41, 5.74) is -0.822. The van der Waals surface area contributed by atoms with Crippen molar-refractivity contribution in [2.24, 2.45) is 0 Å². The molecule has 2 rings (SSSR count). The molecule has 0 heterocycles. The highest BCUT2D eigenvalue weighted by molar-refractivity contribution is 7.89. The fourth-order valence-corrected chi connectivity index (χ4v) is 3.86. The number of esters is 1. The number of carbonyl (C=O) groups is 1. The van der Waals surface area contributed by atoms with Crippen molar-refractivity contribution in [2.75, 3.05) is 13.7 Å². The summed E-state index contributed by atoms with van der Waals surface area (Å²) in [5, 5.41) is 9.35. The number of benzene rings is 1. The van der Waals surface area contributed by atoms with Crippen molar-refractivity contribution < 1.29 is 23.1 Å². The maximum absolute atomic E-state index is 12.4. The van der Waals surface area contributed by atoms with Crippen molar-refractivity contribution in [2.45, 2.75) is 29.7 Å². The number of aliphatic hydroxyl groups excluding tert-OH is 1. The standard InChI is InChI=1S/C13H17NO5S/c1-19-12(16)10-5-2-3-6-11(10)20(17,18)14-13(9-15)7-4-8-13/h2-3,5-6,14-15H,4,7-9H2,1H3. The van der Waals surface area contributed by atoms with Crippen LogP contribution in [0.15, 0.2) is 29.2 Å². The van der Waals surface area contributed by atoms with E-state index in [4.69, 9.17) is 0 Å². The van der Waals surface area contributed by atoms with E-state index < -0.39 is 21.5 Å². The molecule has 0 radical (unpaired) electrons. The van der Waals surface area contributed by atoms with Gasteiger partial charge in [0.15, 0.2) is 0 Å². The fourth-order valence-electron chi connectivity index (χ4n) is 2.22. The Balaban J connectivity index is 2.37. The van der Waals surface area contributed by atoms with Crippen molar-refractivity contribution in [1.82, 2.24) is 4.72 Å². The molecule has 0 spiro atoms. The molecule has 1 aliphatic carbocycles. The van der Waals surface area contributed by atoms with Crippen molar-refractivity contribution in [3.05, 3.63) is 29.8 Å². The summed E-state index contributed by atoms with van der Waals surface area (Å²) in [6.07, 6.45) is 2.04. The Hall–Kier alpha value is -1.44. The lowest BCUT2D eigenvalue weighted by Gasteiger charge is -2.40. The van der Waals surface area contributed by atoms with Crippen LogP contribution in [0.5, 0.6) is 0 Å². The molecule has 0 amide bonds. The highest BCUT2D eigenvalue weighted by Crippen LogP contribution is 2.33. The second-order valence-corrected chi connectivity index (χ2v) is 6.54. The fraction of sp³-hybridized carbons (Fsp3) is 0.462. The monoisotopic (exact) mass is 299 g/mol. The molecule has 0 saturated heterocycles. The van der Waals surface area contributed by atoms with Gasteiger partial charge < -0.3 is 9.84 Å². The summed E-state index contributed by atoms with van der Waals surface area (Å²) in [6, 6.07) is 5.84. The molecule has 0 unspecified atom stereocenters. The van der Waals surface area contributed by atoms with Gasteiger partial charge in [-0.2, -0.15) is 0 Å². The van der Waals surface area contributed by atoms with E-state index in [9.17, 15) is 18.3 Å². The highest BCUT2D eigenvalue weighted by Gasteiger charge is 2.41. The summed E-state index contributed by atoms with van der Waals surface area (Å²) >= 11 is 0. The number of sulfonamides is 1. The van der Waals surface area contributed by atoms with E-state index in [0.29, 0.717) is 12.8 Å². The maximum Gasteiger partial charge on any atom is 0.339 e. The Labute approximate surface area is 117 Å². The predicted octanol–water partition coefficient (Wildman–Crippen LogP) is 0.666. The van der Waals surface area contributed by atoms with Gasteiger partial charge in [0.25, 0.3) is 0 Å². The normalized spacial score (nSPS) is 17.3. The molecule has 0 aliphatic heterocycles. The van der Waals surface area contributed by atoms with Gasteiger partial charge in [-0.3, -0.25) is 0 Å². The lowest BCUT2D eigenvalue weighted by Crippen LogP contribution is -2.56. The van der Waals surface area contributed by atoms with E-state index >= 15 is 0 Å². The number of ether oxygens (including phenoxy) is 1. The van der Waals surface area contributed by atoms with E-state index in [2.05, 4.69) is 9.46 Å². The smallest absolute Gasteiger partial charge is 0.339 e. The lowest BCUT2D eigenvalue weighted by atomic mass is 9.78. The predicted molar refractivity (Wildman–Crippen MR) is 71.8 cm³/mol. The van der Waals surface area contributed by atoms with Gasteiger partial charge in [-0.1, -0.05) is 12.1 Å². The Morgan fingerprint density at radius 2 is 2.05 bits per heavy atom. The molecule has 0 aromatic heterocycles. The van der Waals surface area contributed by atoms with Crippen molar-refractivity contribution >= 4 is 16.0 Å². The molecule has 20 heavy (non-hydrogen) atoms. The third-order valence-corrected chi connectivity index (χ3v) is 5.18. The molecule has 1 aromatic rings. The summed E-state index contributed by atoms with van der Waals surface area (Å²) in [4.78, 5) is 11.5. The van der Waals surface area contributed by atoms with E-state index in [1.165, 1.54) is 25.3 Å². The molecule has 6 nitrogen and oxygen atoms in total. The molecule has 2 N–H and O–H groups in total. The van der Waals surface area contributed by atoms with Crippen LogP contribution in [0.4, 0.5) is 0 Å². The Bertz CT molecular complexity index is 601. The molecule has 0 bridgehead atoms. The first kappa shape index (κ1) is 15.0. The number of rotatable bonds is 5. The van der Waals surface area contributed by atoms with Crippen LogP contribution in [0.2, 0.25) is 0 Å². The molecule has 1 fully saturated rings. The van der Waals surface area contributed by atoms with E-state index in [1.54, 1.807) is 6.07 Å². The van der Waals surface area contributed by atoms with Crippen molar-refractivity contribution in [3.63, 3.8) is 0 Å². The van der Waals surface area contributed by atoms with Crippen molar-refractivity contribution in [3.8, 4) is 0 Å². The molecule has 110 valence electrons. The van der Waals surface area contributed by atoms with Gasteiger partial charge in [-0.05, 0) is 31.4 Å². The minimum absolute atomic E-state index is 0.0186. The zero-order valence-electron chi connectivity index (χ0n) is 11.1. The number of methoxy groups -OCH3 is 1.